The Hall–Kier alpha value is -1.66. The highest BCUT2D eigenvalue weighted by atomic mass is 16.6. The molecule has 0 atom stereocenters. The van der Waals surface area contributed by atoms with Crippen molar-refractivity contribution < 1.29 is 29.3 Å². The Kier molecular flexibility index (Phi) is 9.79. The number of esters is 2. The molecule has 0 aliphatic heterocycles. The van der Waals surface area contributed by atoms with Crippen molar-refractivity contribution in [3.8, 4) is 0 Å². The lowest BCUT2D eigenvalue weighted by Crippen LogP contribution is -2.14. The first-order valence-corrected chi connectivity index (χ1v) is 5.03. The Morgan fingerprint density at radius 3 is 1.59 bits per heavy atom. The predicted molar refractivity (Wildman–Crippen MR) is 59.0 cm³/mol. The lowest BCUT2D eigenvalue weighted by atomic mass is 10.4. The van der Waals surface area contributed by atoms with Crippen molar-refractivity contribution in [1.29, 1.82) is 0 Å². The van der Waals surface area contributed by atoms with E-state index in [2.05, 4.69) is 9.47 Å². The molecular formula is C11H16O6. The van der Waals surface area contributed by atoms with Crippen LogP contribution in [-0.2, 0) is 19.1 Å². The number of aliphatic hydroxyl groups is 2. The van der Waals surface area contributed by atoms with E-state index in [4.69, 9.17) is 10.2 Å². The summed E-state index contributed by atoms with van der Waals surface area (Å²) in [5, 5.41) is 16.8. The van der Waals surface area contributed by atoms with Crippen LogP contribution < -0.4 is 0 Å². The average Bonchev–Trinajstić information content (AvgIpc) is 2.30. The van der Waals surface area contributed by atoms with Crippen LogP contribution in [0.3, 0.4) is 0 Å². The summed E-state index contributed by atoms with van der Waals surface area (Å²) in [4.78, 5) is 22.1. The van der Waals surface area contributed by atoms with Gasteiger partial charge in [-0.1, -0.05) is 12.2 Å². The van der Waals surface area contributed by atoms with Gasteiger partial charge in [0.1, 0.15) is 19.6 Å². The predicted octanol–water partition coefficient (Wildman–Crippen LogP) is -0.440. The zero-order valence-corrected chi connectivity index (χ0v) is 9.37. The van der Waals surface area contributed by atoms with Gasteiger partial charge in [0.25, 0.3) is 0 Å². The zero-order chi connectivity index (χ0) is 12.9. The largest absolute Gasteiger partial charge is 0.461 e. The van der Waals surface area contributed by atoms with Crippen molar-refractivity contribution >= 4 is 11.9 Å². The lowest BCUT2D eigenvalue weighted by molar-refractivity contribution is -0.153. The van der Waals surface area contributed by atoms with Crippen LogP contribution in [0.25, 0.3) is 0 Å². The van der Waals surface area contributed by atoms with Crippen LogP contribution in [0.1, 0.15) is 6.42 Å². The second kappa shape index (κ2) is 10.8. The van der Waals surface area contributed by atoms with Crippen molar-refractivity contribution in [2.45, 2.75) is 6.42 Å². The summed E-state index contributed by atoms with van der Waals surface area (Å²) in [6.45, 7) is -0.234. The van der Waals surface area contributed by atoms with Gasteiger partial charge in [-0.3, -0.25) is 9.59 Å². The molecule has 0 saturated carbocycles. The molecule has 0 aliphatic carbocycles. The van der Waals surface area contributed by atoms with Crippen molar-refractivity contribution in [3.63, 3.8) is 0 Å². The first-order valence-electron chi connectivity index (χ1n) is 5.03. The second-order valence-electron chi connectivity index (χ2n) is 2.85. The molecule has 0 aromatic carbocycles. The molecule has 0 heterocycles. The molecule has 0 amide bonds. The van der Waals surface area contributed by atoms with Gasteiger partial charge >= 0.3 is 11.9 Å². The maximum atomic E-state index is 11.0. The molecule has 0 saturated heterocycles. The van der Waals surface area contributed by atoms with Crippen LogP contribution in [0.15, 0.2) is 24.3 Å². The van der Waals surface area contributed by atoms with Gasteiger partial charge in [-0.15, -0.1) is 0 Å². The molecule has 0 bridgehead atoms. The first-order chi connectivity index (χ1) is 8.20. The summed E-state index contributed by atoms with van der Waals surface area (Å²) < 4.78 is 9.29. The van der Waals surface area contributed by atoms with E-state index in [1.807, 2.05) is 0 Å². The Balaban J connectivity index is 3.62. The van der Waals surface area contributed by atoms with Crippen LogP contribution in [-0.4, -0.2) is 48.6 Å². The molecule has 0 radical (unpaired) electrons. The molecule has 0 aliphatic rings. The van der Waals surface area contributed by atoms with E-state index >= 15 is 0 Å². The third kappa shape index (κ3) is 10.6. The summed E-state index contributed by atoms with van der Waals surface area (Å²) in [6.07, 6.45) is 5.32. The van der Waals surface area contributed by atoms with Gasteiger partial charge in [0.2, 0.25) is 0 Å². The molecule has 0 fully saturated rings. The zero-order valence-electron chi connectivity index (χ0n) is 9.37. The number of carbonyl (C=O) groups excluding carboxylic acids is 2. The van der Waals surface area contributed by atoms with E-state index in [-0.39, 0.29) is 26.4 Å². The molecule has 0 aromatic rings. The maximum absolute atomic E-state index is 11.0. The molecular weight excluding hydrogens is 228 g/mol. The van der Waals surface area contributed by atoms with Gasteiger partial charge in [0.05, 0.1) is 13.2 Å². The van der Waals surface area contributed by atoms with E-state index in [0.717, 1.165) is 0 Å². The minimum atomic E-state index is -0.691. The van der Waals surface area contributed by atoms with Crippen LogP contribution >= 0.6 is 0 Å². The highest BCUT2D eigenvalue weighted by molar-refractivity contribution is 5.91. The molecule has 0 spiro atoms. The highest BCUT2D eigenvalue weighted by Gasteiger charge is 2.10. The third-order valence-electron chi connectivity index (χ3n) is 1.51. The van der Waals surface area contributed by atoms with E-state index < -0.39 is 18.4 Å². The fraction of sp³-hybridized carbons (Fsp3) is 0.455. The van der Waals surface area contributed by atoms with Gasteiger partial charge < -0.3 is 19.7 Å². The monoisotopic (exact) mass is 244 g/mol. The molecule has 6 nitrogen and oxygen atoms in total. The molecule has 2 N–H and O–H groups in total. The summed E-state index contributed by atoms with van der Waals surface area (Å²) in [5.74, 6) is -1.38. The normalized spacial score (nSPS) is 10.9. The van der Waals surface area contributed by atoms with Crippen LogP contribution in [0, 0.1) is 0 Å². The van der Waals surface area contributed by atoms with Gasteiger partial charge in [0, 0.05) is 0 Å². The fourth-order valence-corrected chi connectivity index (χ4v) is 0.787. The van der Waals surface area contributed by atoms with E-state index in [1.54, 1.807) is 0 Å². The standard InChI is InChI=1S/C11H16O6/c12-5-1-3-7-16-10(14)9-11(15)17-8-4-2-6-13/h1-4,12-13H,5-9H2. The first kappa shape index (κ1) is 15.3. The van der Waals surface area contributed by atoms with Crippen LogP contribution in [0.5, 0.6) is 0 Å². The van der Waals surface area contributed by atoms with Gasteiger partial charge in [-0.2, -0.15) is 0 Å². The van der Waals surface area contributed by atoms with Crippen molar-refractivity contribution in [2.24, 2.45) is 0 Å². The number of rotatable bonds is 8. The number of carbonyl (C=O) groups is 2. The number of hydrogen-bond donors (Lipinski definition) is 2. The topological polar surface area (TPSA) is 93.1 Å². The molecule has 0 aromatic heterocycles. The van der Waals surface area contributed by atoms with Gasteiger partial charge in [-0.05, 0) is 12.2 Å². The van der Waals surface area contributed by atoms with Crippen molar-refractivity contribution in [1.82, 2.24) is 0 Å². The second-order valence-corrected chi connectivity index (χ2v) is 2.85. The molecule has 17 heavy (non-hydrogen) atoms. The number of hydrogen-bond acceptors (Lipinski definition) is 6. The summed E-state index contributed by atoms with van der Waals surface area (Å²) >= 11 is 0. The maximum Gasteiger partial charge on any atom is 0.317 e. The Bertz CT molecular complexity index is 254. The molecule has 0 unspecified atom stereocenters. The Morgan fingerprint density at radius 1 is 0.824 bits per heavy atom. The Labute approximate surface area is 99.1 Å². The van der Waals surface area contributed by atoms with Crippen LogP contribution in [0.2, 0.25) is 0 Å². The smallest absolute Gasteiger partial charge is 0.317 e. The average molecular weight is 244 g/mol. The van der Waals surface area contributed by atoms with E-state index in [9.17, 15) is 9.59 Å². The number of ether oxygens (including phenoxy) is 2. The molecule has 0 rings (SSSR count). The quantitative estimate of drug-likeness (QED) is 0.341. The summed E-state index contributed by atoms with van der Waals surface area (Å²) in [5.41, 5.74) is 0. The van der Waals surface area contributed by atoms with E-state index in [1.165, 1.54) is 24.3 Å². The molecule has 6 heteroatoms. The highest BCUT2D eigenvalue weighted by Crippen LogP contribution is 1.92. The van der Waals surface area contributed by atoms with E-state index in [0.29, 0.717) is 0 Å². The number of aliphatic hydroxyl groups excluding tert-OH is 2. The SMILES string of the molecule is O=C(CC(=O)OCC=CCO)OCC=CCO. The fourth-order valence-electron chi connectivity index (χ4n) is 0.787. The van der Waals surface area contributed by atoms with Gasteiger partial charge in [-0.25, -0.2) is 0 Å². The van der Waals surface area contributed by atoms with Crippen LogP contribution in [0.4, 0.5) is 0 Å². The minimum absolute atomic E-state index is 0.0110. The van der Waals surface area contributed by atoms with Gasteiger partial charge in [0.15, 0.2) is 0 Å². The third-order valence-corrected chi connectivity index (χ3v) is 1.51. The lowest BCUT2D eigenvalue weighted by Gasteiger charge is -2.02. The minimum Gasteiger partial charge on any atom is -0.461 e. The Morgan fingerprint density at radius 2 is 1.24 bits per heavy atom. The summed E-state index contributed by atoms with van der Waals surface area (Å²) in [7, 11) is 0. The van der Waals surface area contributed by atoms with Crippen molar-refractivity contribution in [2.75, 3.05) is 26.4 Å². The molecule has 96 valence electrons. The summed E-state index contributed by atoms with van der Waals surface area (Å²) in [6, 6.07) is 0. The van der Waals surface area contributed by atoms with Crippen molar-refractivity contribution in [3.05, 3.63) is 24.3 Å².